The highest BCUT2D eigenvalue weighted by atomic mass is 15.2. The molecule has 1 aromatic carbocycles. The summed E-state index contributed by atoms with van der Waals surface area (Å²) in [7, 11) is 1.97. The van der Waals surface area contributed by atoms with E-state index in [2.05, 4.69) is 78.5 Å². The van der Waals surface area contributed by atoms with Crippen LogP contribution in [-0.2, 0) is 19.9 Å². The molecular weight excluding hydrogens is 496 g/mol. The Balaban J connectivity index is 2.07. The molecule has 0 saturated carbocycles. The van der Waals surface area contributed by atoms with Crippen molar-refractivity contribution in [2.45, 2.75) is 78.3 Å². The van der Waals surface area contributed by atoms with Gasteiger partial charge in [-0.3, -0.25) is 4.68 Å². The van der Waals surface area contributed by atoms with E-state index in [-0.39, 0.29) is 0 Å². The molecule has 2 unspecified atom stereocenters. The van der Waals surface area contributed by atoms with Crippen LogP contribution in [0.4, 0.5) is 0 Å². The van der Waals surface area contributed by atoms with Gasteiger partial charge in [0, 0.05) is 30.9 Å². The van der Waals surface area contributed by atoms with Crippen molar-refractivity contribution in [2.75, 3.05) is 52.4 Å². The molecule has 2 rings (SSSR count). The molecule has 0 aliphatic rings. The van der Waals surface area contributed by atoms with Gasteiger partial charge in [0.1, 0.15) is 0 Å². The minimum Gasteiger partial charge on any atom is -0.330 e. The highest BCUT2D eigenvalue weighted by Gasteiger charge is 2.14. The van der Waals surface area contributed by atoms with Gasteiger partial charge in [-0.2, -0.15) is 5.10 Å². The molecule has 0 amide bonds. The molecule has 1 heterocycles. The van der Waals surface area contributed by atoms with Gasteiger partial charge in [0.15, 0.2) is 0 Å². The number of nitrogens with one attached hydrogen (secondary N) is 4. The number of nitrogens with two attached hydrogens (primary N) is 2. The molecule has 0 bridgehead atoms. The Bertz CT molecular complexity index is 860. The molecular formula is C32H60N8. The van der Waals surface area contributed by atoms with Crippen molar-refractivity contribution in [1.82, 2.24) is 31.0 Å². The van der Waals surface area contributed by atoms with E-state index in [0.29, 0.717) is 37.0 Å². The summed E-state index contributed by atoms with van der Waals surface area (Å²) in [5.41, 5.74) is 17.1. The average molecular weight is 557 g/mol. The molecule has 1 aromatic heterocycles. The third-order valence-corrected chi connectivity index (χ3v) is 7.12. The van der Waals surface area contributed by atoms with Gasteiger partial charge in [-0.05, 0) is 119 Å². The van der Waals surface area contributed by atoms with E-state index in [1.165, 1.54) is 16.7 Å². The van der Waals surface area contributed by atoms with Gasteiger partial charge in [0.2, 0.25) is 0 Å². The lowest BCUT2D eigenvalue weighted by Crippen LogP contribution is -2.36. The van der Waals surface area contributed by atoms with Crippen molar-refractivity contribution < 1.29 is 0 Å². The number of hydrogen-bond donors (Lipinski definition) is 6. The predicted octanol–water partition coefficient (Wildman–Crippen LogP) is 3.06. The van der Waals surface area contributed by atoms with Crippen molar-refractivity contribution in [1.29, 1.82) is 0 Å². The Morgan fingerprint density at radius 3 is 1.62 bits per heavy atom. The first-order chi connectivity index (χ1) is 19.3. The van der Waals surface area contributed by atoms with E-state index in [1.54, 1.807) is 0 Å². The van der Waals surface area contributed by atoms with E-state index in [1.807, 2.05) is 17.9 Å². The van der Waals surface area contributed by atoms with Crippen LogP contribution in [-0.4, -0.2) is 74.2 Å². The van der Waals surface area contributed by atoms with Gasteiger partial charge in [0.05, 0.1) is 6.20 Å². The molecule has 8 N–H and O–H groups in total. The molecule has 0 aliphatic carbocycles. The van der Waals surface area contributed by atoms with Crippen LogP contribution in [0.5, 0.6) is 0 Å². The summed E-state index contributed by atoms with van der Waals surface area (Å²) < 4.78 is 1.87. The first-order valence-corrected chi connectivity index (χ1v) is 15.7. The maximum absolute atomic E-state index is 6.02. The topological polar surface area (TPSA) is 118 Å². The number of rotatable bonds is 23. The summed E-state index contributed by atoms with van der Waals surface area (Å²) in [6.45, 7) is 16.6. The van der Waals surface area contributed by atoms with Gasteiger partial charge in [-0.15, -0.1) is 0 Å². The lowest BCUT2D eigenvalue weighted by Gasteiger charge is -2.22. The maximum Gasteiger partial charge on any atom is 0.0568 e. The van der Waals surface area contributed by atoms with Crippen LogP contribution >= 0.6 is 0 Å². The van der Waals surface area contributed by atoms with Crippen molar-refractivity contribution in [3.05, 3.63) is 41.7 Å². The Kier molecular flexibility index (Phi) is 17.3. The second-order valence-electron chi connectivity index (χ2n) is 12.2. The lowest BCUT2D eigenvalue weighted by atomic mass is 9.93. The summed E-state index contributed by atoms with van der Waals surface area (Å²) in [4.78, 5) is 0. The van der Waals surface area contributed by atoms with Crippen LogP contribution in [0.3, 0.4) is 0 Å². The van der Waals surface area contributed by atoms with Gasteiger partial charge in [-0.25, -0.2) is 0 Å². The molecule has 0 fully saturated rings. The summed E-state index contributed by atoms with van der Waals surface area (Å²) in [5.74, 6) is 1.37. The zero-order valence-corrected chi connectivity index (χ0v) is 26.1. The first-order valence-electron chi connectivity index (χ1n) is 15.7. The smallest absolute Gasteiger partial charge is 0.0568 e. The summed E-state index contributed by atoms with van der Waals surface area (Å²) in [6.07, 6.45) is 10.2. The highest BCUT2D eigenvalue weighted by Crippen LogP contribution is 2.24. The number of aromatic nitrogens is 2. The molecule has 0 spiro atoms. The predicted molar refractivity (Wildman–Crippen MR) is 172 cm³/mol. The molecule has 228 valence electrons. The van der Waals surface area contributed by atoms with Crippen molar-refractivity contribution in [2.24, 2.45) is 30.4 Å². The number of aryl methyl sites for hydroxylation is 1. The Labute approximate surface area is 244 Å². The van der Waals surface area contributed by atoms with E-state index in [4.69, 9.17) is 11.5 Å². The first kappa shape index (κ1) is 34.4. The molecule has 0 saturated heterocycles. The van der Waals surface area contributed by atoms with Crippen LogP contribution in [0.1, 0.15) is 64.5 Å². The Morgan fingerprint density at radius 1 is 0.725 bits per heavy atom. The van der Waals surface area contributed by atoms with Gasteiger partial charge >= 0.3 is 0 Å². The third kappa shape index (κ3) is 14.7. The number of nitrogens with zero attached hydrogens (tertiary/aromatic N) is 2. The largest absolute Gasteiger partial charge is 0.330 e. The van der Waals surface area contributed by atoms with Crippen LogP contribution in [0.2, 0.25) is 0 Å². The summed E-state index contributed by atoms with van der Waals surface area (Å²) in [6, 6.07) is 7.79. The fraction of sp³-hybridized carbons (Fsp3) is 0.719. The summed E-state index contributed by atoms with van der Waals surface area (Å²) >= 11 is 0. The standard InChI is InChI=1S/C32H60N8/c1-25(2)21-35-12-6-14-37-31(8-10-33)19-27-16-28(18-29(17-27)30-23-39-40(5)24-30)20-32(9-11-34)38-15-7-13-36-22-26(3)4/h16-18,23-26,31-32,35-38H,6-15,19-22,33-34H2,1-5H3. The number of benzene rings is 1. The number of hydrogen-bond acceptors (Lipinski definition) is 7. The molecule has 0 aliphatic heterocycles. The van der Waals surface area contributed by atoms with Gasteiger partial charge < -0.3 is 32.7 Å². The quantitative estimate of drug-likeness (QED) is 0.117. The fourth-order valence-electron chi connectivity index (χ4n) is 5.08. The van der Waals surface area contributed by atoms with E-state index < -0.39 is 0 Å². The maximum atomic E-state index is 6.02. The van der Waals surface area contributed by atoms with Crippen molar-refractivity contribution >= 4 is 0 Å². The van der Waals surface area contributed by atoms with Gasteiger partial charge in [-0.1, -0.05) is 45.9 Å². The SMILES string of the molecule is CC(C)CNCCCNC(CCN)Cc1cc(CC(CCN)NCCCNCC(C)C)cc(-c2cnn(C)c2)c1. The average Bonchev–Trinajstić information content (AvgIpc) is 3.34. The minimum atomic E-state index is 0.364. The normalized spacial score (nSPS) is 13.4. The van der Waals surface area contributed by atoms with Crippen molar-refractivity contribution in [3.8, 4) is 11.1 Å². The molecule has 8 heteroatoms. The van der Waals surface area contributed by atoms with E-state index in [9.17, 15) is 0 Å². The van der Waals surface area contributed by atoms with Crippen LogP contribution < -0.4 is 32.7 Å². The molecule has 40 heavy (non-hydrogen) atoms. The lowest BCUT2D eigenvalue weighted by molar-refractivity contribution is 0.461. The molecule has 2 atom stereocenters. The van der Waals surface area contributed by atoms with Crippen LogP contribution in [0.15, 0.2) is 30.6 Å². The Morgan fingerprint density at radius 2 is 1.23 bits per heavy atom. The fourth-order valence-corrected chi connectivity index (χ4v) is 5.08. The van der Waals surface area contributed by atoms with Crippen LogP contribution in [0.25, 0.3) is 11.1 Å². The van der Waals surface area contributed by atoms with E-state index in [0.717, 1.165) is 83.4 Å². The monoisotopic (exact) mass is 556 g/mol. The third-order valence-electron chi connectivity index (χ3n) is 7.12. The van der Waals surface area contributed by atoms with Crippen molar-refractivity contribution in [3.63, 3.8) is 0 Å². The molecule has 0 radical (unpaired) electrons. The minimum absolute atomic E-state index is 0.364. The second-order valence-corrected chi connectivity index (χ2v) is 12.2. The molecule has 2 aromatic rings. The molecule has 8 nitrogen and oxygen atoms in total. The zero-order chi connectivity index (χ0) is 29.2. The zero-order valence-electron chi connectivity index (χ0n) is 26.1. The van der Waals surface area contributed by atoms with Crippen LogP contribution in [0, 0.1) is 11.8 Å². The van der Waals surface area contributed by atoms with Gasteiger partial charge in [0.25, 0.3) is 0 Å². The highest BCUT2D eigenvalue weighted by molar-refractivity contribution is 5.64. The second kappa shape index (κ2) is 20.1. The summed E-state index contributed by atoms with van der Waals surface area (Å²) in [5, 5.41) is 19.1. The Hall–Kier alpha value is -1.81. The van der Waals surface area contributed by atoms with E-state index >= 15 is 0 Å².